The second-order valence-corrected chi connectivity index (χ2v) is 12.8. The van der Waals surface area contributed by atoms with Crippen molar-refractivity contribution in [3.63, 3.8) is 0 Å². The number of halogens is 21. The lowest BCUT2D eigenvalue weighted by molar-refractivity contribution is 0.0430. The number of rotatable bonds is 3. The summed E-state index contributed by atoms with van der Waals surface area (Å²) >= 11 is 0. The van der Waals surface area contributed by atoms with E-state index in [1.54, 1.807) is 0 Å². The first-order valence-electron chi connectivity index (χ1n) is 15.9. The summed E-state index contributed by atoms with van der Waals surface area (Å²) in [4.78, 5) is 0. The number of hydrogen-bond donors (Lipinski definition) is 0. The van der Waals surface area contributed by atoms with Crippen molar-refractivity contribution in [1.29, 1.82) is 0 Å². The quantitative estimate of drug-likeness (QED) is 0.0718. The van der Waals surface area contributed by atoms with Gasteiger partial charge in [-0.1, -0.05) is 18.2 Å². The van der Waals surface area contributed by atoms with Crippen molar-refractivity contribution >= 4 is 21.5 Å². The number of fused-ring (bicyclic) bond motifs is 5. The molecule has 1 aliphatic rings. The highest BCUT2D eigenvalue weighted by Crippen LogP contribution is 2.60. The summed E-state index contributed by atoms with van der Waals surface area (Å²) in [5.74, 6) is -58.4. The van der Waals surface area contributed by atoms with Gasteiger partial charge in [0.1, 0.15) is 17.5 Å². The van der Waals surface area contributed by atoms with E-state index < -0.39 is 194 Å². The standard InChI is InChI=1S/C39H5F21/c40-6-4-9(22(42)10(41)5-6)7-2-1-3-8(12-13-17(29(49)33(53)25(12)45)24(44)19-18(23(13)43)30(50)36(56)37(57)31(19)51)11(7)14-20-15(27(47)34(54)26(14)46)16-21(39(20,59)60)32(52)38(58)35(55)28(16)48/h1-5H. The molecule has 60 heavy (non-hydrogen) atoms. The molecule has 0 spiro atoms. The minimum absolute atomic E-state index is 0.0566. The Balaban J connectivity index is 1.69. The van der Waals surface area contributed by atoms with E-state index in [1.165, 1.54) is 0 Å². The Morgan fingerprint density at radius 1 is 0.283 bits per heavy atom. The van der Waals surface area contributed by atoms with Crippen molar-refractivity contribution in [2.45, 2.75) is 5.92 Å². The number of alkyl halides is 2. The van der Waals surface area contributed by atoms with Gasteiger partial charge in [-0.3, -0.25) is 0 Å². The summed E-state index contributed by atoms with van der Waals surface area (Å²) in [6.07, 6.45) is 0. The molecule has 0 saturated carbocycles. The van der Waals surface area contributed by atoms with Gasteiger partial charge in [-0.15, -0.1) is 0 Å². The van der Waals surface area contributed by atoms with Crippen molar-refractivity contribution in [1.82, 2.24) is 0 Å². The minimum atomic E-state index is -5.66. The molecule has 0 unspecified atom stereocenters. The van der Waals surface area contributed by atoms with E-state index in [0.29, 0.717) is 12.1 Å². The Morgan fingerprint density at radius 3 is 1.22 bits per heavy atom. The molecule has 0 amide bonds. The van der Waals surface area contributed by atoms with Gasteiger partial charge in [0.2, 0.25) is 0 Å². The lowest BCUT2D eigenvalue weighted by Crippen LogP contribution is -2.18. The molecule has 1 aliphatic carbocycles. The Morgan fingerprint density at radius 2 is 0.667 bits per heavy atom. The van der Waals surface area contributed by atoms with Crippen LogP contribution in [0.25, 0.3) is 66.1 Å². The molecular weight excluding hydrogens is 867 g/mol. The highest BCUT2D eigenvalue weighted by Gasteiger charge is 2.55. The smallest absolute Gasteiger partial charge is 0.207 e. The largest absolute Gasteiger partial charge is 0.303 e. The van der Waals surface area contributed by atoms with Crippen LogP contribution in [0.4, 0.5) is 92.2 Å². The van der Waals surface area contributed by atoms with E-state index in [0.717, 1.165) is 0 Å². The van der Waals surface area contributed by atoms with E-state index in [4.69, 9.17) is 0 Å². The van der Waals surface area contributed by atoms with Gasteiger partial charge in [-0.05, 0) is 17.2 Å². The van der Waals surface area contributed by atoms with Gasteiger partial charge < -0.3 is 0 Å². The maximum Gasteiger partial charge on any atom is 0.303 e. The monoisotopic (exact) mass is 872 g/mol. The normalized spacial score (nSPS) is 13.2. The molecule has 0 heterocycles. The molecule has 0 radical (unpaired) electrons. The molecule has 0 saturated heterocycles. The zero-order valence-corrected chi connectivity index (χ0v) is 27.8. The third-order valence-corrected chi connectivity index (χ3v) is 9.81. The van der Waals surface area contributed by atoms with Crippen molar-refractivity contribution in [2.24, 2.45) is 0 Å². The second-order valence-electron chi connectivity index (χ2n) is 12.8. The average Bonchev–Trinajstić information content (AvgIpc) is 3.45. The van der Waals surface area contributed by atoms with Gasteiger partial charge in [-0.25, -0.2) is 83.4 Å². The van der Waals surface area contributed by atoms with Crippen LogP contribution in [0.3, 0.4) is 0 Å². The summed E-state index contributed by atoms with van der Waals surface area (Å²) in [6.45, 7) is 0. The lowest BCUT2D eigenvalue weighted by atomic mass is 9.81. The van der Waals surface area contributed by atoms with Gasteiger partial charge in [0.25, 0.3) is 0 Å². The van der Waals surface area contributed by atoms with E-state index in [1.807, 2.05) is 0 Å². The fraction of sp³-hybridized carbons (Fsp3) is 0.0256. The fourth-order valence-corrected chi connectivity index (χ4v) is 7.37. The van der Waals surface area contributed by atoms with Crippen LogP contribution in [0.1, 0.15) is 11.1 Å². The molecule has 0 bridgehead atoms. The van der Waals surface area contributed by atoms with Crippen LogP contribution in [0.15, 0.2) is 30.3 Å². The molecule has 7 aromatic rings. The first-order valence-corrected chi connectivity index (χ1v) is 15.9. The van der Waals surface area contributed by atoms with Gasteiger partial charge in [-0.2, -0.15) is 8.78 Å². The Labute approximate surface area is 316 Å². The van der Waals surface area contributed by atoms with Crippen LogP contribution in [0.2, 0.25) is 0 Å². The third kappa shape index (κ3) is 4.93. The van der Waals surface area contributed by atoms with E-state index in [-0.39, 0.29) is 18.2 Å². The van der Waals surface area contributed by atoms with Gasteiger partial charge in [0, 0.05) is 50.4 Å². The SMILES string of the molecule is Fc1cc(F)c(F)c(-c2cccc(-c3c(F)c(F)c(F)c4c(F)c5c(F)c(F)c(F)c(F)c5c(F)c34)c2-c2c(F)c(F)c(F)c3c2C(F)(F)c2c(F)c(F)c(F)c(F)c2-3)c1. The predicted octanol–water partition coefficient (Wildman–Crippen LogP) is 13.8. The maximum absolute atomic E-state index is 16.5. The molecule has 0 atom stereocenters. The van der Waals surface area contributed by atoms with Crippen molar-refractivity contribution in [3.05, 3.63) is 152 Å². The summed E-state index contributed by atoms with van der Waals surface area (Å²) in [5, 5.41) is -9.23. The first kappa shape index (κ1) is 40.4. The van der Waals surface area contributed by atoms with Gasteiger partial charge in [0.15, 0.2) is 93.1 Å². The summed E-state index contributed by atoms with van der Waals surface area (Å²) in [6, 6.07) is 0.628. The number of hydrogen-bond acceptors (Lipinski definition) is 0. The molecule has 0 N–H and O–H groups in total. The lowest BCUT2D eigenvalue weighted by Gasteiger charge is -2.24. The van der Waals surface area contributed by atoms with Crippen LogP contribution in [-0.2, 0) is 5.92 Å². The molecule has 21 heteroatoms. The van der Waals surface area contributed by atoms with Crippen LogP contribution in [0.5, 0.6) is 0 Å². The highest BCUT2D eigenvalue weighted by molar-refractivity contribution is 6.11. The van der Waals surface area contributed by atoms with Crippen LogP contribution in [0, 0.1) is 111 Å². The molecule has 8 rings (SSSR count). The summed E-state index contributed by atoms with van der Waals surface area (Å²) < 4.78 is 323. The molecule has 0 aliphatic heterocycles. The Kier molecular flexibility index (Phi) is 8.78. The van der Waals surface area contributed by atoms with Crippen LogP contribution in [-0.4, -0.2) is 0 Å². The molecule has 308 valence electrons. The Hall–Kier alpha value is -6.41. The zero-order valence-electron chi connectivity index (χ0n) is 27.8. The minimum Gasteiger partial charge on any atom is -0.207 e. The van der Waals surface area contributed by atoms with E-state index in [2.05, 4.69) is 0 Å². The summed E-state index contributed by atoms with van der Waals surface area (Å²) in [5.41, 5.74) is -21.7. The predicted molar refractivity (Wildman–Crippen MR) is 165 cm³/mol. The fourth-order valence-electron chi connectivity index (χ4n) is 7.37. The molecule has 7 aromatic carbocycles. The average molecular weight is 872 g/mol. The number of benzene rings is 7. The van der Waals surface area contributed by atoms with Crippen LogP contribution >= 0.6 is 0 Å². The van der Waals surface area contributed by atoms with Crippen molar-refractivity contribution in [2.75, 3.05) is 0 Å². The van der Waals surface area contributed by atoms with Crippen molar-refractivity contribution < 1.29 is 92.2 Å². The summed E-state index contributed by atoms with van der Waals surface area (Å²) in [7, 11) is 0. The topological polar surface area (TPSA) is 0 Å². The second kappa shape index (κ2) is 13.0. The van der Waals surface area contributed by atoms with Gasteiger partial charge in [0.05, 0.1) is 21.7 Å². The Bertz CT molecular complexity index is 3170. The first-order chi connectivity index (χ1) is 28.0. The van der Waals surface area contributed by atoms with Gasteiger partial charge >= 0.3 is 5.92 Å². The van der Waals surface area contributed by atoms with E-state index in [9.17, 15) is 30.7 Å². The third-order valence-electron chi connectivity index (χ3n) is 9.81. The molecule has 0 fully saturated rings. The molecule has 0 aromatic heterocycles. The van der Waals surface area contributed by atoms with E-state index >= 15 is 61.5 Å². The van der Waals surface area contributed by atoms with Crippen molar-refractivity contribution in [3.8, 4) is 44.5 Å². The molecule has 0 nitrogen and oxygen atoms in total. The highest BCUT2D eigenvalue weighted by atomic mass is 19.3. The van der Waals surface area contributed by atoms with Crippen LogP contribution < -0.4 is 0 Å². The maximum atomic E-state index is 16.5. The molecular formula is C39H5F21. The zero-order chi connectivity index (χ0) is 44.1.